The maximum absolute atomic E-state index is 11.0. The Balaban J connectivity index is 3.03. The van der Waals surface area contributed by atoms with Crippen LogP contribution in [0.15, 0.2) is 12.8 Å². The molecule has 0 bridgehead atoms. The van der Waals surface area contributed by atoms with E-state index in [9.17, 15) is 4.79 Å². The number of unbranched alkanes of at least 4 members (excludes halogenated alkanes) is 9. The summed E-state index contributed by atoms with van der Waals surface area (Å²) >= 11 is 0. The van der Waals surface area contributed by atoms with Crippen LogP contribution in [0.1, 0.15) is 70.6 Å². The van der Waals surface area contributed by atoms with Crippen molar-refractivity contribution in [2.45, 2.75) is 70.6 Å². The van der Waals surface area contributed by atoms with E-state index in [0.29, 0.717) is 13.0 Å². The van der Waals surface area contributed by atoms with E-state index in [1.165, 1.54) is 44.8 Å². The van der Waals surface area contributed by atoms with Crippen LogP contribution in [-0.2, 0) is 9.53 Å². The fourth-order valence-corrected chi connectivity index (χ4v) is 1.95. The molecule has 0 radical (unpaired) electrons. The molecule has 0 spiro atoms. The Kier molecular flexibility index (Phi) is 13.6. The number of carbonyl (C=O) groups is 1. The largest absolute Gasteiger partial charge is 0.435 e. The molecule has 3 heteroatoms. The number of aliphatic hydroxyl groups is 1. The van der Waals surface area contributed by atoms with Gasteiger partial charge in [-0.3, -0.25) is 4.79 Å². The van der Waals surface area contributed by atoms with Crippen LogP contribution in [0.4, 0.5) is 0 Å². The van der Waals surface area contributed by atoms with E-state index in [2.05, 4.69) is 11.3 Å². The summed E-state index contributed by atoms with van der Waals surface area (Å²) in [7, 11) is 0. The third kappa shape index (κ3) is 13.2. The number of aliphatic hydroxyl groups excluding tert-OH is 1. The molecule has 0 aliphatic rings. The summed E-state index contributed by atoms with van der Waals surface area (Å²) in [6.45, 7) is 3.68. The zero-order valence-corrected chi connectivity index (χ0v) is 11.5. The summed E-state index contributed by atoms with van der Waals surface area (Å²) in [6.07, 6.45) is 13.4. The van der Waals surface area contributed by atoms with Gasteiger partial charge < -0.3 is 9.84 Å². The van der Waals surface area contributed by atoms with Crippen LogP contribution < -0.4 is 0 Å². The number of hydrogen-bond acceptors (Lipinski definition) is 3. The van der Waals surface area contributed by atoms with Crippen LogP contribution in [0.5, 0.6) is 0 Å². The van der Waals surface area contributed by atoms with Gasteiger partial charge in [-0.05, 0) is 12.8 Å². The molecule has 0 aliphatic heterocycles. The predicted molar refractivity (Wildman–Crippen MR) is 74.2 cm³/mol. The van der Waals surface area contributed by atoms with Gasteiger partial charge in [0.05, 0.1) is 6.26 Å². The quantitative estimate of drug-likeness (QED) is 0.308. The van der Waals surface area contributed by atoms with Gasteiger partial charge >= 0.3 is 5.97 Å². The molecule has 0 unspecified atom stereocenters. The molecule has 0 saturated carbocycles. The molecule has 0 aliphatic carbocycles. The van der Waals surface area contributed by atoms with Crippen molar-refractivity contribution in [1.29, 1.82) is 0 Å². The average molecular weight is 256 g/mol. The van der Waals surface area contributed by atoms with Gasteiger partial charge in [0.25, 0.3) is 0 Å². The third-order valence-electron chi connectivity index (χ3n) is 3.00. The maximum Gasteiger partial charge on any atom is 0.310 e. The number of esters is 1. The van der Waals surface area contributed by atoms with E-state index in [0.717, 1.165) is 25.7 Å². The number of ether oxygens (including phenoxy) is 1. The van der Waals surface area contributed by atoms with Crippen molar-refractivity contribution in [3.8, 4) is 0 Å². The molecule has 1 N–H and O–H groups in total. The number of rotatable bonds is 13. The Labute approximate surface area is 111 Å². The molecule has 0 saturated heterocycles. The minimum atomic E-state index is -0.172. The summed E-state index contributed by atoms with van der Waals surface area (Å²) < 4.78 is 4.64. The zero-order valence-electron chi connectivity index (χ0n) is 11.5. The fraction of sp³-hybridized carbons (Fsp3) is 0.800. The van der Waals surface area contributed by atoms with E-state index in [1.807, 2.05) is 0 Å². The minimum Gasteiger partial charge on any atom is -0.435 e. The molecule has 0 fully saturated rings. The van der Waals surface area contributed by atoms with Crippen molar-refractivity contribution in [2.24, 2.45) is 0 Å². The second-order valence-electron chi connectivity index (χ2n) is 4.67. The van der Waals surface area contributed by atoms with Gasteiger partial charge in [0.1, 0.15) is 0 Å². The first-order valence-electron chi connectivity index (χ1n) is 7.22. The number of carbonyl (C=O) groups excluding carboxylic acids is 1. The summed E-state index contributed by atoms with van der Waals surface area (Å²) in [5, 5.41) is 8.62. The minimum absolute atomic E-state index is 0.172. The molecule has 0 aromatic heterocycles. The summed E-state index contributed by atoms with van der Waals surface area (Å²) in [4.78, 5) is 11.0. The predicted octanol–water partition coefficient (Wildman–Crippen LogP) is 3.96. The third-order valence-corrected chi connectivity index (χ3v) is 3.00. The van der Waals surface area contributed by atoms with Crippen molar-refractivity contribution < 1.29 is 14.6 Å². The highest BCUT2D eigenvalue weighted by Gasteiger charge is 1.99. The maximum atomic E-state index is 11.0. The molecule has 0 rings (SSSR count). The topological polar surface area (TPSA) is 46.5 Å². The Morgan fingerprint density at radius 3 is 1.78 bits per heavy atom. The fourth-order valence-electron chi connectivity index (χ4n) is 1.95. The number of hydrogen-bond donors (Lipinski definition) is 1. The second kappa shape index (κ2) is 14.2. The average Bonchev–Trinajstić information content (AvgIpc) is 2.36. The van der Waals surface area contributed by atoms with Crippen molar-refractivity contribution in [3.05, 3.63) is 12.8 Å². The van der Waals surface area contributed by atoms with Crippen LogP contribution in [0.25, 0.3) is 0 Å². The van der Waals surface area contributed by atoms with E-state index >= 15 is 0 Å². The van der Waals surface area contributed by atoms with Gasteiger partial charge in [-0.2, -0.15) is 0 Å². The Bertz CT molecular complexity index is 202. The first-order valence-corrected chi connectivity index (χ1v) is 7.22. The Morgan fingerprint density at radius 2 is 1.33 bits per heavy atom. The van der Waals surface area contributed by atoms with Gasteiger partial charge in [-0.15, -0.1) is 0 Å². The molecule has 0 heterocycles. The normalized spacial score (nSPS) is 10.3. The lowest BCUT2D eigenvalue weighted by Gasteiger charge is -2.02. The molecule has 3 nitrogen and oxygen atoms in total. The summed E-state index contributed by atoms with van der Waals surface area (Å²) in [5.41, 5.74) is 0. The highest BCUT2D eigenvalue weighted by molar-refractivity contribution is 5.69. The molecule has 0 atom stereocenters. The lowest BCUT2D eigenvalue weighted by Crippen LogP contribution is -1.98. The van der Waals surface area contributed by atoms with Gasteiger partial charge in [-0.25, -0.2) is 0 Å². The van der Waals surface area contributed by atoms with Crippen molar-refractivity contribution in [3.63, 3.8) is 0 Å². The molecular formula is C15H28O3. The van der Waals surface area contributed by atoms with Crippen molar-refractivity contribution in [2.75, 3.05) is 6.61 Å². The Hall–Kier alpha value is -0.830. The van der Waals surface area contributed by atoms with Crippen molar-refractivity contribution >= 4 is 5.97 Å². The van der Waals surface area contributed by atoms with Gasteiger partial charge in [0, 0.05) is 13.0 Å². The molecule has 0 amide bonds. The SMILES string of the molecule is C=COC(=O)CCCCCCCCCCCCO. The second-order valence-corrected chi connectivity index (χ2v) is 4.67. The van der Waals surface area contributed by atoms with E-state index < -0.39 is 0 Å². The van der Waals surface area contributed by atoms with Gasteiger partial charge in [0.2, 0.25) is 0 Å². The molecule has 0 aromatic rings. The van der Waals surface area contributed by atoms with Crippen LogP contribution in [0.2, 0.25) is 0 Å². The van der Waals surface area contributed by atoms with Gasteiger partial charge in [-0.1, -0.05) is 57.9 Å². The summed E-state index contributed by atoms with van der Waals surface area (Å²) in [5.74, 6) is -0.172. The van der Waals surface area contributed by atoms with Crippen LogP contribution in [0, 0.1) is 0 Å². The van der Waals surface area contributed by atoms with Crippen LogP contribution >= 0.6 is 0 Å². The van der Waals surface area contributed by atoms with Crippen LogP contribution in [0.3, 0.4) is 0 Å². The van der Waals surface area contributed by atoms with Crippen molar-refractivity contribution in [1.82, 2.24) is 0 Å². The molecular weight excluding hydrogens is 228 g/mol. The lowest BCUT2D eigenvalue weighted by molar-refractivity contribution is -0.138. The molecule has 0 aromatic carbocycles. The lowest BCUT2D eigenvalue weighted by atomic mass is 10.1. The zero-order chi connectivity index (χ0) is 13.5. The molecule has 106 valence electrons. The highest BCUT2D eigenvalue weighted by Crippen LogP contribution is 2.11. The first kappa shape index (κ1) is 17.2. The standard InChI is InChI=1S/C15H28O3/c1-2-18-15(17)13-11-9-7-5-3-4-6-8-10-12-14-16/h2,16H,1,3-14H2. The Morgan fingerprint density at radius 1 is 0.889 bits per heavy atom. The first-order chi connectivity index (χ1) is 8.81. The van der Waals surface area contributed by atoms with E-state index in [1.54, 1.807) is 0 Å². The monoisotopic (exact) mass is 256 g/mol. The molecule has 18 heavy (non-hydrogen) atoms. The van der Waals surface area contributed by atoms with Gasteiger partial charge in [0.15, 0.2) is 0 Å². The van der Waals surface area contributed by atoms with E-state index in [4.69, 9.17) is 5.11 Å². The van der Waals surface area contributed by atoms with E-state index in [-0.39, 0.29) is 5.97 Å². The smallest absolute Gasteiger partial charge is 0.310 e. The van der Waals surface area contributed by atoms with Crippen LogP contribution in [-0.4, -0.2) is 17.7 Å². The highest BCUT2D eigenvalue weighted by atomic mass is 16.5. The summed E-state index contributed by atoms with van der Waals surface area (Å²) in [6, 6.07) is 0.